The summed E-state index contributed by atoms with van der Waals surface area (Å²) < 4.78 is 10.8. The van der Waals surface area contributed by atoms with Gasteiger partial charge in [-0.15, -0.1) is 0 Å². The Kier molecular flexibility index (Phi) is 8.20. The molecule has 0 saturated heterocycles. The molecule has 0 saturated carbocycles. The Morgan fingerprint density at radius 1 is 1.25 bits per heavy atom. The Labute approximate surface area is 100.0 Å². The summed E-state index contributed by atoms with van der Waals surface area (Å²) in [5.74, 6) is -0.341. The van der Waals surface area contributed by atoms with Gasteiger partial charge in [-0.3, -0.25) is 0 Å². The van der Waals surface area contributed by atoms with E-state index in [2.05, 4.69) is 20.4 Å². The van der Waals surface area contributed by atoms with E-state index in [9.17, 15) is 4.79 Å². The van der Waals surface area contributed by atoms with Gasteiger partial charge in [-0.1, -0.05) is 33.3 Å². The van der Waals surface area contributed by atoms with Gasteiger partial charge in [-0.05, 0) is 12.1 Å². The van der Waals surface area contributed by atoms with Crippen LogP contribution in [-0.4, -0.2) is 28.0 Å². The van der Waals surface area contributed by atoms with Gasteiger partial charge in [0.15, 0.2) is 8.32 Å². The molecular formula is C12H24O3Si. The summed E-state index contributed by atoms with van der Waals surface area (Å²) in [7, 11) is 0.138. The maximum absolute atomic E-state index is 10.9. The fraction of sp³-hybridized carbons (Fsp3) is 0.750. The first-order chi connectivity index (χ1) is 7.64. The quantitative estimate of drug-likeness (QED) is 0.355. The van der Waals surface area contributed by atoms with Gasteiger partial charge in [-0.2, -0.15) is 0 Å². The van der Waals surface area contributed by atoms with Crippen LogP contribution in [-0.2, 0) is 14.0 Å². The number of carbonyl (C=O) groups is 1. The molecule has 0 aliphatic heterocycles. The second-order valence-electron chi connectivity index (χ2n) is 4.01. The molecule has 16 heavy (non-hydrogen) atoms. The Balaban J connectivity index is 4.18. The van der Waals surface area contributed by atoms with Crippen molar-refractivity contribution in [1.29, 1.82) is 0 Å². The van der Waals surface area contributed by atoms with Crippen LogP contribution in [0.15, 0.2) is 12.7 Å². The van der Waals surface area contributed by atoms with Crippen LogP contribution in [0.25, 0.3) is 0 Å². The van der Waals surface area contributed by atoms with Crippen LogP contribution in [0.5, 0.6) is 0 Å². The van der Waals surface area contributed by atoms with Crippen LogP contribution < -0.4 is 0 Å². The van der Waals surface area contributed by atoms with Crippen molar-refractivity contribution in [1.82, 2.24) is 0 Å². The normalized spacial score (nSPS) is 11.2. The highest BCUT2D eigenvalue weighted by molar-refractivity contribution is 6.73. The van der Waals surface area contributed by atoms with E-state index in [0.717, 1.165) is 31.0 Å². The molecule has 0 unspecified atom stereocenters. The standard InChI is InChI=1S/C12H24O3Si/c1-5-9-16(14-4,10-6-2)11-8-15-12(13)7-3/h7H,3,5-6,8-11H2,1-2,4H3. The number of esters is 1. The molecule has 0 aromatic carbocycles. The topological polar surface area (TPSA) is 35.5 Å². The summed E-state index contributed by atoms with van der Waals surface area (Å²) in [6, 6.07) is 3.18. The van der Waals surface area contributed by atoms with Gasteiger partial charge in [0.25, 0.3) is 0 Å². The summed E-state index contributed by atoms with van der Waals surface area (Å²) in [4.78, 5) is 10.9. The SMILES string of the molecule is C=CC(=O)OCC[Si](CCC)(CCC)OC. The van der Waals surface area contributed by atoms with Crippen molar-refractivity contribution >= 4 is 14.3 Å². The first-order valence-electron chi connectivity index (χ1n) is 5.98. The van der Waals surface area contributed by atoms with Gasteiger partial charge >= 0.3 is 5.97 Å². The van der Waals surface area contributed by atoms with E-state index in [1.807, 2.05) is 0 Å². The smallest absolute Gasteiger partial charge is 0.330 e. The van der Waals surface area contributed by atoms with E-state index in [1.165, 1.54) is 6.08 Å². The van der Waals surface area contributed by atoms with Crippen LogP contribution in [0.3, 0.4) is 0 Å². The first kappa shape index (κ1) is 15.4. The van der Waals surface area contributed by atoms with Crippen molar-refractivity contribution in [2.24, 2.45) is 0 Å². The van der Waals surface area contributed by atoms with Crippen molar-refractivity contribution in [3.8, 4) is 0 Å². The third-order valence-electron chi connectivity index (χ3n) is 2.81. The van der Waals surface area contributed by atoms with E-state index >= 15 is 0 Å². The van der Waals surface area contributed by atoms with E-state index in [0.29, 0.717) is 6.61 Å². The molecule has 0 aliphatic carbocycles. The molecule has 3 nitrogen and oxygen atoms in total. The summed E-state index contributed by atoms with van der Waals surface area (Å²) >= 11 is 0. The highest BCUT2D eigenvalue weighted by atomic mass is 28.4. The Bertz CT molecular complexity index is 210. The second kappa shape index (κ2) is 8.53. The fourth-order valence-electron chi connectivity index (χ4n) is 1.99. The van der Waals surface area contributed by atoms with Crippen molar-refractivity contribution in [2.45, 2.75) is 44.8 Å². The van der Waals surface area contributed by atoms with E-state index in [-0.39, 0.29) is 5.97 Å². The number of hydrogen-bond acceptors (Lipinski definition) is 3. The summed E-state index contributed by atoms with van der Waals surface area (Å²) in [6.07, 6.45) is 3.47. The molecule has 0 amide bonds. The van der Waals surface area contributed by atoms with Crippen molar-refractivity contribution in [2.75, 3.05) is 13.7 Å². The van der Waals surface area contributed by atoms with Crippen molar-refractivity contribution < 1.29 is 14.0 Å². The molecule has 0 bridgehead atoms. The van der Waals surface area contributed by atoms with E-state index < -0.39 is 8.32 Å². The largest absolute Gasteiger partial charge is 0.463 e. The predicted molar refractivity (Wildman–Crippen MR) is 68.9 cm³/mol. The molecule has 0 fully saturated rings. The first-order valence-corrected chi connectivity index (χ1v) is 8.51. The highest BCUT2D eigenvalue weighted by Crippen LogP contribution is 2.25. The third kappa shape index (κ3) is 5.46. The highest BCUT2D eigenvalue weighted by Gasteiger charge is 2.31. The molecular weight excluding hydrogens is 220 g/mol. The minimum Gasteiger partial charge on any atom is -0.463 e. The van der Waals surface area contributed by atoms with Crippen LogP contribution in [0.2, 0.25) is 18.1 Å². The maximum atomic E-state index is 10.9. The lowest BCUT2D eigenvalue weighted by Crippen LogP contribution is -2.38. The fourth-order valence-corrected chi connectivity index (χ4v) is 5.65. The predicted octanol–water partition coefficient (Wildman–Crippen LogP) is 3.13. The molecule has 0 atom stereocenters. The Morgan fingerprint density at radius 3 is 2.19 bits per heavy atom. The van der Waals surface area contributed by atoms with Crippen LogP contribution in [0.4, 0.5) is 0 Å². The molecule has 0 aromatic rings. The van der Waals surface area contributed by atoms with E-state index in [4.69, 9.17) is 9.16 Å². The lowest BCUT2D eigenvalue weighted by molar-refractivity contribution is -0.137. The number of carbonyl (C=O) groups excluding carboxylic acids is 1. The average molecular weight is 244 g/mol. The molecule has 0 rings (SSSR count). The number of ether oxygens (including phenoxy) is 1. The maximum Gasteiger partial charge on any atom is 0.330 e. The monoisotopic (exact) mass is 244 g/mol. The zero-order valence-corrected chi connectivity index (χ0v) is 11.8. The van der Waals surface area contributed by atoms with Gasteiger partial charge in [0, 0.05) is 19.2 Å². The van der Waals surface area contributed by atoms with Gasteiger partial charge in [0.2, 0.25) is 0 Å². The molecule has 0 heterocycles. The minimum absolute atomic E-state index is 0.341. The lowest BCUT2D eigenvalue weighted by atomic mass is 10.6. The second-order valence-corrected chi connectivity index (χ2v) is 8.28. The molecule has 0 N–H and O–H groups in total. The van der Waals surface area contributed by atoms with Crippen molar-refractivity contribution in [3.05, 3.63) is 12.7 Å². The zero-order valence-electron chi connectivity index (χ0n) is 10.8. The van der Waals surface area contributed by atoms with Gasteiger partial charge in [0.1, 0.15) is 0 Å². The molecule has 0 spiro atoms. The minimum atomic E-state index is -1.66. The van der Waals surface area contributed by atoms with Crippen LogP contribution >= 0.6 is 0 Å². The van der Waals surface area contributed by atoms with Crippen LogP contribution in [0, 0.1) is 0 Å². The van der Waals surface area contributed by atoms with Crippen molar-refractivity contribution in [3.63, 3.8) is 0 Å². The van der Waals surface area contributed by atoms with E-state index in [1.54, 1.807) is 7.11 Å². The average Bonchev–Trinajstić information content (AvgIpc) is 2.29. The number of hydrogen-bond donors (Lipinski definition) is 0. The van der Waals surface area contributed by atoms with Gasteiger partial charge in [0.05, 0.1) is 6.61 Å². The van der Waals surface area contributed by atoms with Gasteiger partial charge in [-0.25, -0.2) is 4.79 Å². The zero-order chi connectivity index (χ0) is 12.4. The number of rotatable bonds is 9. The Hall–Kier alpha value is -0.613. The van der Waals surface area contributed by atoms with Gasteiger partial charge < -0.3 is 9.16 Å². The molecule has 0 aliphatic rings. The van der Waals surface area contributed by atoms with Crippen LogP contribution in [0.1, 0.15) is 26.7 Å². The Morgan fingerprint density at radius 2 is 1.81 bits per heavy atom. The molecule has 0 radical (unpaired) electrons. The lowest BCUT2D eigenvalue weighted by Gasteiger charge is -2.28. The summed E-state index contributed by atoms with van der Waals surface area (Å²) in [6.45, 7) is 8.18. The summed E-state index contributed by atoms with van der Waals surface area (Å²) in [5, 5.41) is 0. The molecule has 4 heteroatoms. The summed E-state index contributed by atoms with van der Waals surface area (Å²) in [5.41, 5.74) is 0. The third-order valence-corrected chi connectivity index (χ3v) is 7.62. The molecule has 0 aromatic heterocycles. The molecule has 94 valence electrons.